The van der Waals surface area contributed by atoms with Crippen molar-refractivity contribution < 1.29 is 9.18 Å². The summed E-state index contributed by atoms with van der Waals surface area (Å²) in [5, 5.41) is 5.67. The van der Waals surface area contributed by atoms with Crippen LogP contribution in [0.15, 0.2) is 48.5 Å². The Balaban J connectivity index is 2.03. The first-order valence-electron chi connectivity index (χ1n) is 6.00. The van der Waals surface area contributed by atoms with Crippen LogP contribution in [0, 0.1) is 5.82 Å². The molecule has 0 aliphatic heterocycles. The van der Waals surface area contributed by atoms with E-state index in [0.717, 1.165) is 5.69 Å². The second-order valence-corrected chi connectivity index (χ2v) is 4.10. The summed E-state index contributed by atoms with van der Waals surface area (Å²) in [6.07, 6.45) is 0. The topological polar surface area (TPSA) is 41.1 Å². The Kier molecular flexibility index (Phi) is 4.13. The summed E-state index contributed by atoms with van der Waals surface area (Å²) in [7, 11) is 1.79. The van der Waals surface area contributed by atoms with Crippen LogP contribution in [0.5, 0.6) is 0 Å². The summed E-state index contributed by atoms with van der Waals surface area (Å²) in [5.74, 6) is -0.535. The Morgan fingerprint density at radius 1 is 1.16 bits per heavy atom. The lowest BCUT2D eigenvalue weighted by Gasteiger charge is -2.07. The molecule has 0 atom stereocenters. The standard InChI is InChI=1S/C15H15FN2O/c1-17-13-7-4-6-11(9-13)15(19)18-10-12-5-2-3-8-14(12)16/h2-9,17H,10H2,1H3,(H,18,19). The van der Waals surface area contributed by atoms with Crippen molar-refractivity contribution in [2.75, 3.05) is 12.4 Å². The molecule has 0 radical (unpaired) electrons. The van der Waals surface area contributed by atoms with Crippen molar-refractivity contribution in [2.45, 2.75) is 6.54 Å². The normalized spacial score (nSPS) is 10.0. The number of hydrogen-bond acceptors (Lipinski definition) is 2. The molecule has 2 aromatic carbocycles. The third-order valence-electron chi connectivity index (χ3n) is 2.81. The highest BCUT2D eigenvalue weighted by molar-refractivity contribution is 5.95. The van der Waals surface area contributed by atoms with Gasteiger partial charge in [0.2, 0.25) is 0 Å². The van der Waals surface area contributed by atoms with E-state index >= 15 is 0 Å². The van der Waals surface area contributed by atoms with Crippen molar-refractivity contribution >= 4 is 11.6 Å². The van der Waals surface area contributed by atoms with Crippen LogP contribution in [0.2, 0.25) is 0 Å². The fourth-order valence-corrected chi connectivity index (χ4v) is 1.74. The molecule has 0 aliphatic carbocycles. The van der Waals surface area contributed by atoms with Crippen LogP contribution in [0.3, 0.4) is 0 Å². The largest absolute Gasteiger partial charge is 0.388 e. The molecule has 98 valence electrons. The predicted molar refractivity (Wildman–Crippen MR) is 73.6 cm³/mol. The van der Waals surface area contributed by atoms with E-state index in [1.807, 2.05) is 6.07 Å². The van der Waals surface area contributed by atoms with Crippen molar-refractivity contribution in [3.63, 3.8) is 0 Å². The molecule has 0 unspecified atom stereocenters. The van der Waals surface area contributed by atoms with Crippen LogP contribution >= 0.6 is 0 Å². The van der Waals surface area contributed by atoms with Crippen molar-refractivity contribution in [3.05, 3.63) is 65.5 Å². The first-order chi connectivity index (χ1) is 9.20. The summed E-state index contributed by atoms with van der Waals surface area (Å²) >= 11 is 0. The van der Waals surface area contributed by atoms with E-state index in [0.29, 0.717) is 11.1 Å². The molecule has 2 aromatic rings. The quantitative estimate of drug-likeness (QED) is 0.885. The molecule has 0 aliphatic rings. The van der Waals surface area contributed by atoms with Gasteiger partial charge in [0.05, 0.1) is 0 Å². The van der Waals surface area contributed by atoms with Gasteiger partial charge in [-0.15, -0.1) is 0 Å². The number of rotatable bonds is 4. The van der Waals surface area contributed by atoms with Gasteiger partial charge in [0.1, 0.15) is 5.82 Å². The summed E-state index contributed by atoms with van der Waals surface area (Å²) in [4.78, 5) is 11.9. The smallest absolute Gasteiger partial charge is 0.251 e. The molecule has 3 nitrogen and oxygen atoms in total. The number of anilines is 1. The summed E-state index contributed by atoms with van der Waals surface area (Å²) in [6.45, 7) is 0.176. The summed E-state index contributed by atoms with van der Waals surface area (Å²) in [6, 6.07) is 13.5. The zero-order valence-corrected chi connectivity index (χ0v) is 10.6. The molecular weight excluding hydrogens is 243 g/mol. The van der Waals surface area contributed by atoms with Crippen molar-refractivity contribution in [1.29, 1.82) is 0 Å². The number of amides is 1. The second kappa shape index (κ2) is 6.00. The van der Waals surface area contributed by atoms with E-state index in [1.54, 1.807) is 43.4 Å². The van der Waals surface area contributed by atoms with Crippen LogP contribution in [0.1, 0.15) is 15.9 Å². The van der Waals surface area contributed by atoms with E-state index in [-0.39, 0.29) is 18.3 Å². The molecule has 0 bridgehead atoms. The van der Waals surface area contributed by atoms with Crippen LogP contribution in [0.25, 0.3) is 0 Å². The van der Waals surface area contributed by atoms with Crippen LogP contribution in [0.4, 0.5) is 10.1 Å². The number of nitrogens with one attached hydrogen (secondary N) is 2. The lowest BCUT2D eigenvalue weighted by atomic mass is 10.1. The van der Waals surface area contributed by atoms with Gasteiger partial charge < -0.3 is 10.6 Å². The molecule has 19 heavy (non-hydrogen) atoms. The summed E-state index contributed by atoms with van der Waals surface area (Å²) < 4.78 is 13.4. The maximum absolute atomic E-state index is 13.4. The molecule has 0 fully saturated rings. The Bertz CT molecular complexity index is 584. The Morgan fingerprint density at radius 3 is 2.68 bits per heavy atom. The highest BCUT2D eigenvalue weighted by atomic mass is 19.1. The van der Waals surface area contributed by atoms with Crippen LogP contribution in [-0.2, 0) is 6.54 Å². The molecular formula is C15H15FN2O. The fraction of sp³-hybridized carbons (Fsp3) is 0.133. The number of carbonyl (C=O) groups excluding carboxylic acids is 1. The van der Waals surface area contributed by atoms with Crippen molar-refractivity contribution in [3.8, 4) is 0 Å². The third-order valence-corrected chi connectivity index (χ3v) is 2.81. The minimum absolute atomic E-state index is 0.176. The molecule has 0 saturated carbocycles. The van der Waals surface area contributed by atoms with Gasteiger partial charge in [-0.05, 0) is 24.3 Å². The molecule has 0 spiro atoms. The molecule has 0 aromatic heterocycles. The molecule has 0 heterocycles. The fourth-order valence-electron chi connectivity index (χ4n) is 1.74. The van der Waals surface area contributed by atoms with E-state index < -0.39 is 0 Å². The first kappa shape index (κ1) is 13.1. The number of hydrogen-bond donors (Lipinski definition) is 2. The van der Waals surface area contributed by atoms with Gasteiger partial charge in [-0.25, -0.2) is 4.39 Å². The van der Waals surface area contributed by atoms with E-state index in [1.165, 1.54) is 6.07 Å². The molecule has 2 rings (SSSR count). The van der Waals surface area contributed by atoms with E-state index in [2.05, 4.69) is 10.6 Å². The monoisotopic (exact) mass is 258 g/mol. The lowest BCUT2D eigenvalue weighted by molar-refractivity contribution is 0.0950. The highest BCUT2D eigenvalue weighted by Crippen LogP contribution is 2.10. The van der Waals surface area contributed by atoms with Gasteiger partial charge in [0.25, 0.3) is 5.91 Å². The second-order valence-electron chi connectivity index (χ2n) is 4.10. The Labute approximate surface area is 111 Å². The molecule has 0 saturated heterocycles. The highest BCUT2D eigenvalue weighted by Gasteiger charge is 2.07. The van der Waals surface area contributed by atoms with Gasteiger partial charge in [0, 0.05) is 30.4 Å². The van der Waals surface area contributed by atoms with Gasteiger partial charge in [-0.1, -0.05) is 24.3 Å². The predicted octanol–water partition coefficient (Wildman–Crippen LogP) is 2.80. The molecule has 4 heteroatoms. The Morgan fingerprint density at radius 2 is 1.95 bits per heavy atom. The van der Waals surface area contributed by atoms with Gasteiger partial charge in [-0.2, -0.15) is 0 Å². The number of carbonyl (C=O) groups is 1. The number of benzene rings is 2. The van der Waals surface area contributed by atoms with E-state index in [9.17, 15) is 9.18 Å². The number of halogens is 1. The van der Waals surface area contributed by atoms with Crippen molar-refractivity contribution in [2.24, 2.45) is 0 Å². The van der Waals surface area contributed by atoms with E-state index in [4.69, 9.17) is 0 Å². The SMILES string of the molecule is CNc1cccc(C(=O)NCc2ccccc2F)c1. The zero-order chi connectivity index (χ0) is 13.7. The minimum Gasteiger partial charge on any atom is -0.388 e. The zero-order valence-electron chi connectivity index (χ0n) is 10.6. The minimum atomic E-state index is -0.313. The van der Waals surface area contributed by atoms with Gasteiger partial charge in [0.15, 0.2) is 0 Å². The van der Waals surface area contributed by atoms with Crippen molar-refractivity contribution in [1.82, 2.24) is 5.32 Å². The lowest BCUT2D eigenvalue weighted by Crippen LogP contribution is -2.23. The van der Waals surface area contributed by atoms with Gasteiger partial charge in [-0.3, -0.25) is 4.79 Å². The maximum Gasteiger partial charge on any atom is 0.251 e. The third kappa shape index (κ3) is 3.31. The first-order valence-corrected chi connectivity index (χ1v) is 6.00. The van der Waals surface area contributed by atoms with Gasteiger partial charge >= 0.3 is 0 Å². The van der Waals surface area contributed by atoms with Crippen LogP contribution < -0.4 is 10.6 Å². The average molecular weight is 258 g/mol. The van der Waals surface area contributed by atoms with Crippen LogP contribution in [-0.4, -0.2) is 13.0 Å². The molecule has 1 amide bonds. The average Bonchev–Trinajstić information content (AvgIpc) is 2.46. The maximum atomic E-state index is 13.4. The molecule has 2 N–H and O–H groups in total. The Hall–Kier alpha value is -2.36. The summed E-state index contributed by atoms with van der Waals surface area (Å²) in [5.41, 5.74) is 1.88.